The Labute approximate surface area is 185 Å². The van der Waals surface area contributed by atoms with Gasteiger partial charge in [0, 0.05) is 27.2 Å². The third kappa shape index (κ3) is 6.94. The van der Waals surface area contributed by atoms with Gasteiger partial charge in [-0.15, -0.1) is 11.8 Å². The summed E-state index contributed by atoms with van der Waals surface area (Å²) >= 11 is 5.16. The zero-order valence-electron chi connectivity index (χ0n) is 16.7. The molecule has 0 aliphatic carbocycles. The van der Waals surface area contributed by atoms with Crippen LogP contribution in [-0.2, 0) is 10.5 Å². The number of benzene rings is 2. The van der Waals surface area contributed by atoms with Gasteiger partial charge >= 0.3 is 6.09 Å². The van der Waals surface area contributed by atoms with Crippen molar-refractivity contribution in [3.05, 3.63) is 52.5 Å². The van der Waals surface area contributed by atoms with Gasteiger partial charge in [-0.25, -0.2) is 4.79 Å². The number of carbonyl (C=O) groups is 1. The molecule has 0 bridgehead atoms. The summed E-state index contributed by atoms with van der Waals surface area (Å²) in [7, 11) is 1.67. The first-order valence-electron chi connectivity index (χ1n) is 9.86. The third-order valence-corrected chi connectivity index (χ3v) is 6.45. The Morgan fingerprint density at radius 2 is 1.97 bits per heavy atom. The summed E-state index contributed by atoms with van der Waals surface area (Å²) in [5, 5.41) is 2.88. The highest BCUT2D eigenvalue weighted by Crippen LogP contribution is 2.33. The molecule has 1 amide bonds. The lowest BCUT2D eigenvalue weighted by Crippen LogP contribution is -2.33. The lowest BCUT2D eigenvalue weighted by atomic mass is 10.1. The van der Waals surface area contributed by atoms with Gasteiger partial charge in [0.25, 0.3) is 0 Å². The average Bonchev–Trinajstić information content (AvgIpc) is 2.74. The maximum absolute atomic E-state index is 12.2. The number of ether oxygens (including phenoxy) is 2. The van der Waals surface area contributed by atoms with Crippen LogP contribution in [0.2, 0.25) is 0 Å². The van der Waals surface area contributed by atoms with Gasteiger partial charge < -0.3 is 9.47 Å². The van der Waals surface area contributed by atoms with E-state index in [2.05, 4.69) is 32.2 Å². The maximum atomic E-state index is 12.2. The molecule has 0 spiro atoms. The first kappa shape index (κ1) is 22.0. The van der Waals surface area contributed by atoms with Crippen molar-refractivity contribution in [3.8, 4) is 5.75 Å². The number of para-hydroxylation sites is 1. The highest BCUT2D eigenvalue weighted by molar-refractivity contribution is 9.10. The zero-order valence-corrected chi connectivity index (χ0v) is 19.1. The van der Waals surface area contributed by atoms with Crippen molar-refractivity contribution in [2.75, 3.05) is 38.7 Å². The molecule has 7 heteroatoms. The monoisotopic (exact) mass is 478 g/mol. The number of nitrogens with zero attached hydrogens (tertiary/aromatic N) is 1. The summed E-state index contributed by atoms with van der Waals surface area (Å²) in [5.74, 6) is 1.58. The van der Waals surface area contributed by atoms with Crippen molar-refractivity contribution in [2.24, 2.45) is 0 Å². The Hall–Kier alpha value is -1.70. The van der Waals surface area contributed by atoms with Crippen LogP contribution in [0.1, 0.15) is 24.8 Å². The van der Waals surface area contributed by atoms with Crippen molar-refractivity contribution in [1.82, 2.24) is 4.90 Å². The molecule has 0 radical (unpaired) electrons. The summed E-state index contributed by atoms with van der Waals surface area (Å²) in [4.78, 5) is 15.6. The number of hydrogen-bond acceptors (Lipinski definition) is 5. The van der Waals surface area contributed by atoms with E-state index < -0.39 is 6.09 Å². The van der Waals surface area contributed by atoms with E-state index in [4.69, 9.17) is 9.47 Å². The van der Waals surface area contributed by atoms with Crippen molar-refractivity contribution < 1.29 is 14.3 Å². The van der Waals surface area contributed by atoms with Gasteiger partial charge in [0.1, 0.15) is 12.4 Å². The molecule has 0 aromatic heterocycles. The van der Waals surface area contributed by atoms with Gasteiger partial charge in [-0.3, -0.25) is 10.2 Å². The first-order valence-corrected chi connectivity index (χ1v) is 11.6. The van der Waals surface area contributed by atoms with Crippen molar-refractivity contribution in [2.45, 2.75) is 29.9 Å². The number of thioether (sulfide) groups is 1. The molecule has 1 heterocycles. The standard InChI is InChI=1S/C22H27BrN2O3S/c1-27-20-10-9-18(23)15-17(20)16-29-21-8-4-3-7-19(21)24-22(26)28-14-13-25-11-5-2-6-12-25/h3-4,7-10,15H,2,5-6,11-14,16H2,1H3,(H,24,26). The van der Waals surface area contributed by atoms with Crippen LogP contribution in [0.25, 0.3) is 0 Å². The fourth-order valence-corrected chi connectivity index (χ4v) is 4.70. The number of carbonyl (C=O) groups excluding carboxylic acids is 1. The summed E-state index contributed by atoms with van der Waals surface area (Å²) < 4.78 is 11.9. The molecule has 0 saturated carbocycles. The number of rotatable bonds is 8. The van der Waals surface area contributed by atoms with Crippen LogP contribution >= 0.6 is 27.7 Å². The van der Waals surface area contributed by atoms with Gasteiger partial charge in [-0.05, 0) is 56.3 Å². The lowest BCUT2D eigenvalue weighted by molar-refractivity contribution is 0.131. The second-order valence-electron chi connectivity index (χ2n) is 6.90. The molecule has 3 rings (SSSR count). The fraction of sp³-hybridized carbons (Fsp3) is 0.409. The quantitative estimate of drug-likeness (QED) is 0.486. The van der Waals surface area contributed by atoms with Gasteiger partial charge in [0.2, 0.25) is 0 Å². The maximum Gasteiger partial charge on any atom is 0.411 e. The Balaban J connectivity index is 1.53. The van der Waals surface area contributed by atoms with Crippen molar-refractivity contribution >= 4 is 39.5 Å². The van der Waals surface area contributed by atoms with E-state index >= 15 is 0 Å². The van der Waals surface area contributed by atoms with E-state index in [1.807, 2.05) is 36.4 Å². The fourth-order valence-electron chi connectivity index (χ4n) is 3.31. The number of amides is 1. The molecule has 0 unspecified atom stereocenters. The molecular formula is C22H27BrN2O3S. The van der Waals surface area contributed by atoms with Gasteiger partial charge in [0.15, 0.2) is 0 Å². The predicted octanol–water partition coefficient (Wildman–Crippen LogP) is 5.78. The number of nitrogens with one attached hydrogen (secondary N) is 1. The molecule has 1 aliphatic rings. The number of anilines is 1. The van der Waals surface area contributed by atoms with Crippen molar-refractivity contribution in [3.63, 3.8) is 0 Å². The Bertz CT molecular complexity index is 812. The first-order chi connectivity index (χ1) is 14.2. The molecule has 1 saturated heterocycles. The Morgan fingerprint density at radius 3 is 2.76 bits per heavy atom. The number of piperidine rings is 1. The second-order valence-corrected chi connectivity index (χ2v) is 8.84. The topological polar surface area (TPSA) is 50.8 Å². The molecule has 29 heavy (non-hydrogen) atoms. The van der Waals surface area contributed by atoms with Crippen LogP contribution in [-0.4, -0.2) is 44.3 Å². The zero-order chi connectivity index (χ0) is 20.5. The second kappa shape index (κ2) is 11.5. The summed E-state index contributed by atoms with van der Waals surface area (Å²) in [5.41, 5.74) is 1.85. The summed E-state index contributed by atoms with van der Waals surface area (Å²) in [6.07, 6.45) is 3.37. The lowest BCUT2D eigenvalue weighted by Gasteiger charge is -2.25. The smallest absolute Gasteiger partial charge is 0.411 e. The number of hydrogen-bond donors (Lipinski definition) is 1. The molecule has 5 nitrogen and oxygen atoms in total. The molecule has 1 aliphatic heterocycles. The van der Waals surface area contributed by atoms with E-state index in [0.29, 0.717) is 6.61 Å². The van der Waals surface area contributed by atoms with Crippen LogP contribution in [0.4, 0.5) is 10.5 Å². The van der Waals surface area contributed by atoms with Crippen LogP contribution in [0.5, 0.6) is 5.75 Å². The molecular weight excluding hydrogens is 452 g/mol. The third-order valence-electron chi connectivity index (χ3n) is 4.84. The highest BCUT2D eigenvalue weighted by Gasteiger charge is 2.12. The van der Waals surface area contributed by atoms with E-state index in [1.54, 1.807) is 18.9 Å². The van der Waals surface area contributed by atoms with Gasteiger partial charge in [-0.2, -0.15) is 0 Å². The molecule has 156 valence electrons. The van der Waals surface area contributed by atoms with Gasteiger partial charge in [-0.1, -0.05) is 34.5 Å². The van der Waals surface area contributed by atoms with E-state index in [0.717, 1.165) is 51.8 Å². The molecule has 0 atom stereocenters. The van der Waals surface area contributed by atoms with Crippen molar-refractivity contribution in [1.29, 1.82) is 0 Å². The number of likely N-dealkylation sites (tertiary alicyclic amines) is 1. The average molecular weight is 479 g/mol. The van der Waals surface area contributed by atoms with Crippen LogP contribution < -0.4 is 10.1 Å². The van der Waals surface area contributed by atoms with Crippen LogP contribution in [0, 0.1) is 0 Å². The summed E-state index contributed by atoms with van der Waals surface area (Å²) in [6, 6.07) is 13.7. The Kier molecular flexibility index (Phi) is 8.70. The largest absolute Gasteiger partial charge is 0.496 e. The molecule has 1 N–H and O–H groups in total. The number of halogens is 1. The minimum Gasteiger partial charge on any atom is -0.496 e. The van der Waals surface area contributed by atoms with Crippen LogP contribution in [0.15, 0.2) is 51.8 Å². The molecule has 2 aromatic carbocycles. The number of methoxy groups -OCH3 is 1. The van der Waals surface area contributed by atoms with Crippen LogP contribution in [0.3, 0.4) is 0 Å². The minimum absolute atomic E-state index is 0.407. The summed E-state index contributed by atoms with van der Waals surface area (Å²) in [6.45, 7) is 3.41. The molecule has 2 aromatic rings. The highest BCUT2D eigenvalue weighted by atomic mass is 79.9. The molecule has 1 fully saturated rings. The minimum atomic E-state index is -0.407. The van der Waals surface area contributed by atoms with E-state index in [1.165, 1.54) is 19.3 Å². The normalized spacial score (nSPS) is 14.4. The van der Waals surface area contributed by atoms with E-state index in [9.17, 15) is 4.79 Å². The predicted molar refractivity (Wildman–Crippen MR) is 122 cm³/mol. The van der Waals surface area contributed by atoms with E-state index in [-0.39, 0.29) is 0 Å². The van der Waals surface area contributed by atoms with Gasteiger partial charge in [0.05, 0.1) is 12.8 Å². The Morgan fingerprint density at radius 1 is 1.17 bits per heavy atom. The SMILES string of the molecule is COc1ccc(Br)cc1CSc1ccccc1NC(=O)OCCN1CCCCC1.